The van der Waals surface area contributed by atoms with Crippen molar-refractivity contribution in [2.45, 2.75) is 6.92 Å². The first-order chi connectivity index (χ1) is 12.2. The first-order valence-electron chi connectivity index (χ1n) is 7.80. The third-order valence-electron chi connectivity index (χ3n) is 3.63. The Hall–Kier alpha value is -2.92. The van der Waals surface area contributed by atoms with Crippen molar-refractivity contribution in [1.29, 1.82) is 0 Å². The van der Waals surface area contributed by atoms with Gasteiger partial charge in [0.25, 0.3) is 0 Å². The quantitative estimate of drug-likeness (QED) is 0.674. The van der Waals surface area contributed by atoms with Gasteiger partial charge in [-0.2, -0.15) is 0 Å². The SMILES string of the molecule is COc1ccccc1/C=C/C(=O)Nc1nc(-c2ccc(C)cc2)cs1. The van der Waals surface area contributed by atoms with Gasteiger partial charge in [0.05, 0.1) is 12.8 Å². The van der Waals surface area contributed by atoms with Crippen molar-refractivity contribution in [2.75, 3.05) is 12.4 Å². The summed E-state index contributed by atoms with van der Waals surface area (Å²) in [5, 5.41) is 5.30. The predicted molar refractivity (Wildman–Crippen MR) is 103 cm³/mol. The molecule has 2 aromatic carbocycles. The molecule has 0 aliphatic rings. The van der Waals surface area contributed by atoms with E-state index in [0.717, 1.165) is 22.6 Å². The number of aryl methyl sites for hydroxylation is 1. The molecule has 0 saturated heterocycles. The lowest BCUT2D eigenvalue weighted by molar-refractivity contribution is -0.111. The molecular formula is C20H18N2O2S. The third-order valence-corrected chi connectivity index (χ3v) is 4.39. The fourth-order valence-electron chi connectivity index (χ4n) is 2.30. The molecule has 0 aliphatic carbocycles. The van der Waals surface area contributed by atoms with E-state index in [4.69, 9.17) is 4.74 Å². The molecule has 3 aromatic rings. The van der Waals surface area contributed by atoms with E-state index in [-0.39, 0.29) is 5.91 Å². The van der Waals surface area contributed by atoms with Gasteiger partial charge in [-0.1, -0.05) is 48.0 Å². The molecule has 0 spiro atoms. The average Bonchev–Trinajstić information content (AvgIpc) is 3.09. The van der Waals surface area contributed by atoms with Crippen LogP contribution in [-0.4, -0.2) is 18.0 Å². The van der Waals surface area contributed by atoms with Crippen LogP contribution in [-0.2, 0) is 4.79 Å². The Morgan fingerprint density at radius 2 is 1.92 bits per heavy atom. The van der Waals surface area contributed by atoms with Crippen LogP contribution in [0.5, 0.6) is 5.75 Å². The number of hydrogen-bond donors (Lipinski definition) is 1. The standard InChI is InChI=1S/C20H18N2O2S/c1-14-7-9-15(10-8-14)17-13-25-20(21-17)22-19(23)12-11-16-5-3-4-6-18(16)24-2/h3-13H,1-2H3,(H,21,22,23)/b12-11+. The maximum Gasteiger partial charge on any atom is 0.250 e. The molecule has 0 bridgehead atoms. The van der Waals surface area contributed by atoms with Gasteiger partial charge in [-0.05, 0) is 19.1 Å². The first-order valence-corrected chi connectivity index (χ1v) is 8.68. The second-order valence-electron chi connectivity index (χ2n) is 5.47. The molecule has 0 aliphatic heterocycles. The number of nitrogens with one attached hydrogen (secondary N) is 1. The summed E-state index contributed by atoms with van der Waals surface area (Å²) in [7, 11) is 1.61. The van der Waals surface area contributed by atoms with Crippen molar-refractivity contribution in [1.82, 2.24) is 4.98 Å². The summed E-state index contributed by atoms with van der Waals surface area (Å²) in [6.45, 7) is 2.05. The van der Waals surface area contributed by atoms with E-state index in [1.807, 2.05) is 60.8 Å². The first kappa shape index (κ1) is 16.9. The molecule has 0 radical (unpaired) electrons. The number of para-hydroxylation sites is 1. The van der Waals surface area contributed by atoms with Crippen LogP contribution in [0, 0.1) is 6.92 Å². The average molecular weight is 350 g/mol. The van der Waals surface area contributed by atoms with Crippen LogP contribution in [0.4, 0.5) is 5.13 Å². The van der Waals surface area contributed by atoms with Gasteiger partial charge in [-0.15, -0.1) is 11.3 Å². The zero-order valence-electron chi connectivity index (χ0n) is 14.0. The van der Waals surface area contributed by atoms with E-state index < -0.39 is 0 Å². The summed E-state index contributed by atoms with van der Waals surface area (Å²) in [4.78, 5) is 16.6. The highest BCUT2D eigenvalue weighted by Gasteiger charge is 2.06. The van der Waals surface area contributed by atoms with E-state index in [2.05, 4.69) is 10.3 Å². The number of amides is 1. The zero-order valence-corrected chi connectivity index (χ0v) is 14.8. The number of hydrogen-bond acceptors (Lipinski definition) is 4. The molecule has 1 heterocycles. The van der Waals surface area contributed by atoms with Crippen LogP contribution in [0.2, 0.25) is 0 Å². The van der Waals surface area contributed by atoms with E-state index in [0.29, 0.717) is 5.13 Å². The lowest BCUT2D eigenvalue weighted by Gasteiger charge is -2.03. The lowest BCUT2D eigenvalue weighted by Crippen LogP contribution is -2.07. The molecule has 3 rings (SSSR count). The Morgan fingerprint density at radius 1 is 1.16 bits per heavy atom. The number of anilines is 1. The van der Waals surface area contributed by atoms with Gasteiger partial charge in [-0.3, -0.25) is 10.1 Å². The largest absolute Gasteiger partial charge is 0.496 e. The number of carbonyl (C=O) groups is 1. The van der Waals surface area contributed by atoms with Gasteiger partial charge >= 0.3 is 0 Å². The molecule has 4 nitrogen and oxygen atoms in total. The molecule has 0 fully saturated rings. The molecular weight excluding hydrogens is 332 g/mol. The lowest BCUT2D eigenvalue weighted by atomic mass is 10.1. The number of benzene rings is 2. The van der Waals surface area contributed by atoms with Gasteiger partial charge in [0.15, 0.2) is 5.13 Å². The highest BCUT2D eigenvalue weighted by atomic mass is 32.1. The Bertz CT molecular complexity index is 898. The van der Waals surface area contributed by atoms with Gasteiger partial charge < -0.3 is 4.74 Å². The van der Waals surface area contributed by atoms with Crippen molar-refractivity contribution in [2.24, 2.45) is 0 Å². The molecule has 1 aromatic heterocycles. The normalized spacial score (nSPS) is 10.8. The summed E-state index contributed by atoms with van der Waals surface area (Å²) >= 11 is 1.40. The maximum absolute atomic E-state index is 12.1. The number of carbonyl (C=O) groups excluding carboxylic acids is 1. The van der Waals surface area contributed by atoms with Gasteiger partial charge in [-0.25, -0.2) is 4.98 Å². The molecule has 126 valence electrons. The Balaban J connectivity index is 1.67. The van der Waals surface area contributed by atoms with Crippen molar-refractivity contribution >= 4 is 28.5 Å². The van der Waals surface area contributed by atoms with E-state index in [1.165, 1.54) is 23.0 Å². The van der Waals surface area contributed by atoms with Crippen molar-refractivity contribution in [3.63, 3.8) is 0 Å². The fourth-order valence-corrected chi connectivity index (χ4v) is 3.03. The summed E-state index contributed by atoms with van der Waals surface area (Å²) in [5.41, 5.74) is 3.94. The smallest absolute Gasteiger partial charge is 0.250 e. The highest BCUT2D eigenvalue weighted by molar-refractivity contribution is 7.14. The van der Waals surface area contributed by atoms with Crippen LogP contribution < -0.4 is 10.1 Å². The minimum Gasteiger partial charge on any atom is -0.496 e. The van der Waals surface area contributed by atoms with Crippen LogP contribution in [0.25, 0.3) is 17.3 Å². The Labute approximate surface area is 150 Å². The zero-order chi connectivity index (χ0) is 17.6. The van der Waals surface area contributed by atoms with Crippen LogP contribution in [0.15, 0.2) is 60.0 Å². The summed E-state index contributed by atoms with van der Waals surface area (Å²) in [5.74, 6) is 0.498. The number of aromatic nitrogens is 1. The molecule has 1 N–H and O–H groups in total. The van der Waals surface area contributed by atoms with Gasteiger partial charge in [0.1, 0.15) is 5.75 Å². The number of methoxy groups -OCH3 is 1. The minimum atomic E-state index is -0.226. The monoisotopic (exact) mass is 350 g/mol. The van der Waals surface area contributed by atoms with E-state index in [9.17, 15) is 4.79 Å². The topological polar surface area (TPSA) is 51.2 Å². The summed E-state index contributed by atoms with van der Waals surface area (Å²) in [6.07, 6.45) is 3.20. The number of rotatable bonds is 5. The van der Waals surface area contributed by atoms with Crippen molar-refractivity contribution in [3.8, 4) is 17.0 Å². The Morgan fingerprint density at radius 3 is 2.68 bits per heavy atom. The van der Waals surface area contributed by atoms with Crippen molar-refractivity contribution in [3.05, 3.63) is 71.1 Å². The van der Waals surface area contributed by atoms with Crippen LogP contribution in [0.3, 0.4) is 0 Å². The summed E-state index contributed by atoms with van der Waals surface area (Å²) in [6, 6.07) is 15.7. The number of ether oxygens (including phenoxy) is 1. The van der Waals surface area contributed by atoms with Crippen molar-refractivity contribution < 1.29 is 9.53 Å². The van der Waals surface area contributed by atoms with Crippen LogP contribution >= 0.6 is 11.3 Å². The highest BCUT2D eigenvalue weighted by Crippen LogP contribution is 2.25. The fraction of sp³-hybridized carbons (Fsp3) is 0.100. The van der Waals surface area contributed by atoms with Gasteiger partial charge in [0.2, 0.25) is 5.91 Å². The maximum atomic E-state index is 12.1. The Kier molecular flexibility index (Phi) is 5.26. The molecule has 0 unspecified atom stereocenters. The summed E-state index contributed by atoms with van der Waals surface area (Å²) < 4.78 is 5.26. The molecule has 1 amide bonds. The van der Waals surface area contributed by atoms with E-state index >= 15 is 0 Å². The number of thiazole rings is 1. The van der Waals surface area contributed by atoms with E-state index in [1.54, 1.807) is 13.2 Å². The minimum absolute atomic E-state index is 0.226. The van der Waals surface area contributed by atoms with Gasteiger partial charge in [0, 0.05) is 22.6 Å². The molecule has 5 heteroatoms. The second-order valence-corrected chi connectivity index (χ2v) is 6.33. The predicted octanol–water partition coefficient (Wildman–Crippen LogP) is 4.78. The number of nitrogens with zero attached hydrogens (tertiary/aromatic N) is 1. The molecule has 0 saturated carbocycles. The molecule has 0 atom stereocenters. The molecule has 25 heavy (non-hydrogen) atoms. The second kappa shape index (κ2) is 7.77. The third kappa shape index (κ3) is 4.33. The van der Waals surface area contributed by atoms with Crippen LogP contribution in [0.1, 0.15) is 11.1 Å².